The Morgan fingerprint density at radius 1 is 1.45 bits per heavy atom. The molecular weight excluding hydrogens is 324 g/mol. The Morgan fingerprint density at radius 2 is 2.15 bits per heavy atom. The summed E-state index contributed by atoms with van der Waals surface area (Å²) in [6.45, 7) is 6.14. The lowest BCUT2D eigenvalue weighted by molar-refractivity contribution is -0.384. The van der Waals surface area contributed by atoms with Crippen molar-refractivity contribution >= 4 is 27.3 Å². The molecule has 0 radical (unpaired) electrons. The van der Waals surface area contributed by atoms with Crippen LogP contribution in [0.15, 0.2) is 18.2 Å². The van der Waals surface area contributed by atoms with Crippen molar-refractivity contribution in [1.29, 1.82) is 0 Å². The summed E-state index contributed by atoms with van der Waals surface area (Å²) in [4.78, 5) is 13.0. The molecule has 0 heterocycles. The summed E-state index contributed by atoms with van der Waals surface area (Å²) in [7, 11) is 1.63. The Kier molecular flexibility index (Phi) is 6.95. The van der Waals surface area contributed by atoms with Gasteiger partial charge in [0.05, 0.1) is 11.5 Å². The zero-order valence-electron chi connectivity index (χ0n) is 12.1. The van der Waals surface area contributed by atoms with Crippen molar-refractivity contribution in [2.45, 2.75) is 19.2 Å². The van der Waals surface area contributed by atoms with Crippen molar-refractivity contribution in [2.75, 3.05) is 31.7 Å². The first-order chi connectivity index (χ1) is 9.49. The Bertz CT molecular complexity index is 452. The van der Waals surface area contributed by atoms with Crippen LogP contribution >= 0.6 is 15.9 Å². The maximum atomic E-state index is 11.3. The number of anilines is 1. The smallest absolute Gasteiger partial charge is 0.292 e. The van der Waals surface area contributed by atoms with Crippen molar-refractivity contribution in [3.63, 3.8) is 0 Å². The Hall–Kier alpha value is -1.14. The molecule has 0 saturated carbocycles. The standard InChI is InChI=1S/C14H21BrN2O3/c1-11(2)10-16(6-7-20-3)13-5-4-12(9-15)8-14(13)17(18)19/h4-5,8,11H,6-7,9-10H2,1-3H3. The molecule has 20 heavy (non-hydrogen) atoms. The number of hydrogen-bond acceptors (Lipinski definition) is 4. The zero-order chi connectivity index (χ0) is 15.1. The van der Waals surface area contributed by atoms with Crippen LogP contribution in [0.4, 0.5) is 11.4 Å². The van der Waals surface area contributed by atoms with Crippen LogP contribution in [-0.2, 0) is 10.1 Å². The summed E-state index contributed by atoms with van der Waals surface area (Å²) in [5.41, 5.74) is 1.71. The van der Waals surface area contributed by atoms with E-state index >= 15 is 0 Å². The van der Waals surface area contributed by atoms with Gasteiger partial charge in [-0.15, -0.1) is 0 Å². The third-order valence-electron chi connectivity index (χ3n) is 2.88. The first-order valence-electron chi connectivity index (χ1n) is 6.56. The van der Waals surface area contributed by atoms with Crippen LogP contribution in [-0.4, -0.2) is 31.7 Å². The molecule has 1 aromatic carbocycles. The van der Waals surface area contributed by atoms with Crippen molar-refractivity contribution in [1.82, 2.24) is 0 Å². The summed E-state index contributed by atoms with van der Waals surface area (Å²) in [5.74, 6) is 0.419. The van der Waals surface area contributed by atoms with Crippen LogP contribution in [0.3, 0.4) is 0 Å². The van der Waals surface area contributed by atoms with Gasteiger partial charge in [-0.3, -0.25) is 10.1 Å². The van der Waals surface area contributed by atoms with E-state index in [4.69, 9.17) is 4.74 Å². The van der Waals surface area contributed by atoms with Gasteiger partial charge in [-0.2, -0.15) is 0 Å². The average Bonchev–Trinajstić information content (AvgIpc) is 2.42. The first kappa shape index (κ1) is 16.9. The minimum Gasteiger partial charge on any atom is -0.383 e. The highest BCUT2D eigenvalue weighted by Gasteiger charge is 2.20. The minimum atomic E-state index is -0.318. The van der Waals surface area contributed by atoms with Gasteiger partial charge in [0.25, 0.3) is 5.69 Å². The Morgan fingerprint density at radius 3 is 2.65 bits per heavy atom. The molecule has 0 saturated heterocycles. The monoisotopic (exact) mass is 344 g/mol. The fourth-order valence-corrected chi connectivity index (χ4v) is 2.37. The largest absolute Gasteiger partial charge is 0.383 e. The molecule has 1 rings (SSSR count). The predicted molar refractivity (Wildman–Crippen MR) is 84.7 cm³/mol. The summed E-state index contributed by atoms with van der Waals surface area (Å²) < 4.78 is 5.10. The van der Waals surface area contributed by atoms with E-state index in [1.54, 1.807) is 13.2 Å². The van der Waals surface area contributed by atoms with Gasteiger partial charge in [0.1, 0.15) is 5.69 Å². The lowest BCUT2D eigenvalue weighted by Crippen LogP contribution is -2.31. The van der Waals surface area contributed by atoms with Gasteiger partial charge in [-0.05, 0) is 17.5 Å². The van der Waals surface area contributed by atoms with E-state index in [0.29, 0.717) is 30.1 Å². The molecule has 0 fully saturated rings. The molecule has 0 atom stereocenters. The number of nitro benzene ring substituents is 1. The maximum Gasteiger partial charge on any atom is 0.292 e. The van der Waals surface area contributed by atoms with Gasteiger partial charge >= 0.3 is 0 Å². The summed E-state index contributed by atoms with van der Waals surface area (Å²) in [6, 6.07) is 5.37. The lowest BCUT2D eigenvalue weighted by atomic mass is 10.1. The van der Waals surface area contributed by atoms with E-state index in [-0.39, 0.29) is 10.6 Å². The summed E-state index contributed by atoms with van der Waals surface area (Å²) in [5, 5.41) is 11.9. The second-order valence-electron chi connectivity index (χ2n) is 5.05. The summed E-state index contributed by atoms with van der Waals surface area (Å²) in [6.07, 6.45) is 0. The van der Waals surface area contributed by atoms with E-state index in [1.807, 2.05) is 17.0 Å². The minimum absolute atomic E-state index is 0.152. The van der Waals surface area contributed by atoms with Crippen LogP contribution in [0.2, 0.25) is 0 Å². The van der Waals surface area contributed by atoms with Crippen molar-refractivity contribution in [3.8, 4) is 0 Å². The van der Waals surface area contributed by atoms with Gasteiger partial charge in [-0.1, -0.05) is 35.8 Å². The Balaban J connectivity index is 3.13. The molecule has 0 bridgehead atoms. The van der Waals surface area contributed by atoms with E-state index in [2.05, 4.69) is 29.8 Å². The SMILES string of the molecule is COCCN(CC(C)C)c1ccc(CBr)cc1[N+](=O)[O-]. The Labute approximate surface area is 128 Å². The molecule has 0 amide bonds. The quantitative estimate of drug-likeness (QED) is 0.410. The van der Waals surface area contributed by atoms with Gasteiger partial charge in [0.15, 0.2) is 0 Å². The topological polar surface area (TPSA) is 55.6 Å². The van der Waals surface area contributed by atoms with Gasteiger partial charge in [-0.25, -0.2) is 0 Å². The summed E-state index contributed by atoms with van der Waals surface area (Å²) >= 11 is 3.33. The number of benzene rings is 1. The van der Waals surface area contributed by atoms with Crippen molar-refractivity contribution < 1.29 is 9.66 Å². The van der Waals surface area contributed by atoms with Crippen molar-refractivity contribution in [3.05, 3.63) is 33.9 Å². The third-order valence-corrected chi connectivity index (χ3v) is 3.53. The molecule has 5 nitrogen and oxygen atoms in total. The average molecular weight is 345 g/mol. The fraction of sp³-hybridized carbons (Fsp3) is 0.571. The number of ether oxygens (including phenoxy) is 1. The molecule has 0 aliphatic carbocycles. The normalized spacial score (nSPS) is 10.8. The van der Waals surface area contributed by atoms with Crippen LogP contribution in [0.1, 0.15) is 19.4 Å². The maximum absolute atomic E-state index is 11.3. The zero-order valence-corrected chi connectivity index (χ0v) is 13.7. The van der Waals surface area contributed by atoms with E-state index < -0.39 is 0 Å². The molecular formula is C14H21BrN2O3. The number of nitrogens with zero attached hydrogens (tertiary/aromatic N) is 2. The predicted octanol–water partition coefficient (Wildman–Crippen LogP) is 3.60. The molecule has 0 spiro atoms. The van der Waals surface area contributed by atoms with E-state index in [0.717, 1.165) is 12.1 Å². The lowest BCUT2D eigenvalue weighted by Gasteiger charge is -2.26. The van der Waals surface area contributed by atoms with Crippen LogP contribution in [0, 0.1) is 16.0 Å². The molecule has 6 heteroatoms. The van der Waals surface area contributed by atoms with Gasteiger partial charge in [0.2, 0.25) is 0 Å². The van der Waals surface area contributed by atoms with E-state index in [9.17, 15) is 10.1 Å². The third kappa shape index (κ3) is 4.76. The highest BCUT2D eigenvalue weighted by molar-refractivity contribution is 9.08. The molecule has 0 unspecified atom stereocenters. The van der Waals surface area contributed by atoms with Crippen LogP contribution in [0.25, 0.3) is 0 Å². The molecule has 0 N–H and O–H groups in total. The fourth-order valence-electron chi connectivity index (χ4n) is 2.02. The molecule has 0 aliphatic rings. The molecule has 0 aliphatic heterocycles. The number of nitro groups is 1. The number of methoxy groups -OCH3 is 1. The second kappa shape index (κ2) is 8.21. The molecule has 0 aromatic heterocycles. The van der Waals surface area contributed by atoms with Crippen LogP contribution in [0.5, 0.6) is 0 Å². The van der Waals surface area contributed by atoms with Crippen LogP contribution < -0.4 is 4.90 Å². The number of rotatable bonds is 8. The molecule has 1 aromatic rings. The molecule has 112 valence electrons. The van der Waals surface area contributed by atoms with Gasteiger partial charge in [0, 0.05) is 31.6 Å². The highest BCUT2D eigenvalue weighted by atomic mass is 79.9. The highest BCUT2D eigenvalue weighted by Crippen LogP contribution is 2.30. The number of hydrogen-bond donors (Lipinski definition) is 0. The second-order valence-corrected chi connectivity index (χ2v) is 5.61. The van der Waals surface area contributed by atoms with Crippen molar-refractivity contribution in [2.24, 2.45) is 5.92 Å². The number of halogens is 1. The van der Waals surface area contributed by atoms with Gasteiger partial charge < -0.3 is 9.64 Å². The first-order valence-corrected chi connectivity index (χ1v) is 7.69. The number of alkyl halides is 1. The van der Waals surface area contributed by atoms with E-state index in [1.165, 1.54) is 0 Å².